The monoisotopic (exact) mass is 389 g/mol. The second-order valence-electron chi connectivity index (χ2n) is 6.57. The molecule has 2 amide bonds. The minimum absolute atomic E-state index is 0.0192. The van der Waals surface area contributed by atoms with Crippen LogP contribution in [0, 0.1) is 6.92 Å². The quantitative estimate of drug-likeness (QED) is 0.871. The summed E-state index contributed by atoms with van der Waals surface area (Å²) in [5.41, 5.74) is -1.97. The van der Waals surface area contributed by atoms with Crippen molar-refractivity contribution in [2.24, 2.45) is 4.99 Å². The Balaban J connectivity index is 1.94. The zero-order chi connectivity index (χ0) is 20.5. The number of halogens is 3. The zero-order valence-corrected chi connectivity index (χ0v) is 15.2. The zero-order valence-electron chi connectivity index (χ0n) is 15.2. The average Bonchev–Trinajstić information content (AvgIpc) is 2.87. The molecule has 5 nitrogen and oxygen atoms in total. The predicted molar refractivity (Wildman–Crippen MR) is 97.5 cm³/mol. The van der Waals surface area contributed by atoms with E-state index in [1.807, 2.05) is 5.32 Å². The van der Waals surface area contributed by atoms with Crippen molar-refractivity contribution in [2.75, 3.05) is 0 Å². The van der Waals surface area contributed by atoms with E-state index in [1.165, 1.54) is 19.1 Å². The fourth-order valence-electron chi connectivity index (χ4n) is 3.01. The molecule has 0 aromatic heterocycles. The van der Waals surface area contributed by atoms with Gasteiger partial charge < -0.3 is 5.32 Å². The van der Waals surface area contributed by atoms with Gasteiger partial charge in [-0.1, -0.05) is 48.0 Å². The molecule has 0 saturated heterocycles. The number of hydrogen-bond acceptors (Lipinski definition) is 3. The second kappa shape index (κ2) is 7.10. The number of aryl methyl sites for hydroxylation is 1. The third-order valence-electron chi connectivity index (χ3n) is 4.44. The first-order valence-electron chi connectivity index (χ1n) is 8.52. The lowest BCUT2D eigenvalue weighted by Crippen LogP contribution is -2.63. The molecule has 28 heavy (non-hydrogen) atoms. The highest BCUT2D eigenvalue weighted by molar-refractivity contribution is 6.10. The maximum atomic E-state index is 13.9. The maximum absolute atomic E-state index is 13.9. The number of alkyl halides is 3. The van der Waals surface area contributed by atoms with E-state index in [9.17, 15) is 22.8 Å². The standard InChI is InChI=1S/C20H18F3N3O2/c1-13-7-6-10-16(11-13)17(27)25-19(20(21,22)23)18(28)26(14(2)24-19)12-15-8-4-3-5-9-15/h3-11H,12H2,1-2H3,(H,25,27). The molecule has 0 radical (unpaired) electrons. The molecule has 0 saturated carbocycles. The van der Waals surface area contributed by atoms with Crippen LogP contribution in [0.1, 0.15) is 28.4 Å². The molecule has 1 aliphatic rings. The second-order valence-corrected chi connectivity index (χ2v) is 6.57. The number of nitrogens with zero attached hydrogens (tertiary/aromatic N) is 2. The number of carbonyl (C=O) groups excluding carboxylic acids is 2. The Morgan fingerprint density at radius 1 is 1.11 bits per heavy atom. The summed E-state index contributed by atoms with van der Waals surface area (Å²) in [5, 5.41) is 1.83. The van der Waals surface area contributed by atoms with Gasteiger partial charge in [-0.3, -0.25) is 14.5 Å². The highest BCUT2D eigenvalue weighted by atomic mass is 19.4. The lowest BCUT2D eigenvalue weighted by atomic mass is 10.1. The van der Waals surface area contributed by atoms with Crippen LogP contribution < -0.4 is 5.32 Å². The smallest absolute Gasteiger partial charge is 0.312 e. The van der Waals surface area contributed by atoms with Gasteiger partial charge in [0.05, 0.1) is 6.54 Å². The van der Waals surface area contributed by atoms with Crippen LogP contribution in [-0.2, 0) is 11.3 Å². The van der Waals surface area contributed by atoms with Crippen LogP contribution in [0.15, 0.2) is 59.6 Å². The van der Waals surface area contributed by atoms with Gasteiger partial charge in [0.15, 0.2) is 0 Å². The van der Waals surface area contributed by atoms with E-state index in [0.29, 0.717) is 11.1 Å². The summed E-state index contributed by atoms with van der Waals surface area (Å²) in [5.74, 6) is -2.47. The number of rotatable bonds is 4. The summed E-state index contributed by atoms with van der Waals surface area (Å²) in [7, 11) is 0. The number of amides is 2. The van der Waals surface area contributed by atoms with Gasteiger partial charge >= 0.3 is 11.8 Å². The van der Waals surface area contributed by atoms with Gasteiger partial charge in [0.25, 0.3) is 11.8 Å². The molecule has 1 aliphatic heterocycles. The minimum Gasteiger partial charge on any atom is -0.312 e. The molecule has 2 aromatic rings. The Morgan fingerprint density at radius 3 is 2.39 bits per heavy atom. The molecule has 8 heteroatoms. The van der Waals surface area contributed by atoms with E-state index in [2.05, 4.69) is 4.99 Å². The molecule has 1 heterocycles. The van der Waals surface area contributed by atoms with Crippen LogP contribution in [0.5, 0.6) is 0 Å². The normalized spacial score (nSPS) is 19.5. The van der Waals surface area contributed by atoms with Crippen LogP contribution in [0.25, 0.3) is 0 Å². The number of benzene rings is 2. The molecular weight excluding hydrogens is 371 g/mol. The molecule has 0 fully saturated rings. The molecular formula is C20H18F3N3O2. The van der Waals surface area contributed by atoms with Gasteiger partial charge in [0, 0.05) is 5.56 Å². The topological polar surface area (TPSA) is 61.8 Å². The third-order valence-corrected chi connectivity index (χ3v) is 4.44. The summed E-state index contributed by atoms with van der Waals surface area (Å²) < 4.78 is 41.8. The van der Waals surface area contributed by atoms with E-state index in [-0.39, 0.29) is 17.9 Å². The largest absolute Gasteiger partial charge is 0.442 e. The number of nitrogens with one attached hydrogen (secondary N) is 1. The highest BCUT2D eigenvalue weighted by Crippen LogP contribution is 2.38. The average molecular weight is 389 g/mol. The van der Waals surface area contributed by atoms with Crippen molar-refractivity contribution >= 4 is 17.6 Å². The summed E-state index contributed by atoms with van der Waals surface area (Å²) in [6.07, 6.45) is -5.10. The number of amidine groups is 1. The van der Waals surface area contributed by atoms with E-state index < -0.39 is 23.7 Å². The lowest BCUT2D eigenvalue weighted by Gasteiger charge is -2.29. The molecule has 3 rings (SSSR count). The Morgan fingerprint density at radius 2 is 1.79 bits per heavy atom. The van der Waals surface area contributed by atoms with E-state index >= 15 is 0 Å². The summed E-state index contributed by atoms with van der Waals surface area (Å²) in [6.45, 7) is 2.95. The van der Waals surface area contributed by atoms with Crippen LogP contribution in [0.2, 0.25) is 0 Å². The van der Waals surface area contributed by atoms with Gasteiger partial charge in [-0.25, -0.2) is 4.99 Å². The van der Waals surface area contributed by atoms with Gasteiger partial charge in [-0.15, -0.1) is 0 Å². The van der Waals surface area contributed by atoms with Crippen molar-refractivity contribution in [3.63, 3.8) is 0 Å². The SMILES string of the molecule is CC1=NC(NC(=O)c2cccc(C)c2)(C(F)(F)F)C(=O)N1Cc1ccccc1. The number of hydrogen-bond donors (Lipinski definition) is 1. The highest BCUT2D eigenvalue weighted by Gasteiger charge is 2.66. The first kappa shape index (κ1) is 19.6. The lowest BCUT2D eigenvalue weighted by molar-refractivity contribution is -0.196. The molecule has 2 aromatic carbocycles. The molecule has 146 valence electrons. The van der Waals surface area contributed by atoms with Gasteiger partial charge in [-0.2, -0.15) is 13.2 Å². The molecule has 0 aliphatic carbocycles. The molecule has 0 spiro atoms. The Kier molecular flexibility index (Phi) is 4.97. The van der Waals surface area contributed by atoms with Crippen molar-refractivity contribution in [3.05, 3.63) is 71.3 Å². The maximum Gasteiger partial charge on any atom is 0.442 e. The molecule has 0 bridgehead atoms. The van der Waals surface area contributed by atoms with Crippen LogP contribution in [-0.4, -0.2) is 34.4 Å². The van der Waals surface area contributed by atoms with E-state index in [0.717, 1.165) is 4.90 Å². The van der Waals surface area contributed by atoms with Crippen molar-refractivity contribution in [2.45, 2.75) is 32.2 Å². The number of aliphatic imine (C=N–C) groups is 1. The van der Waals surface area contributed by atoms with E-state index in [1.54, 1.807) is 49.4 Å². The summed E-state index contributed by atoms with van der Waals surface area (Å²) in [6, 6.07) is 14.7. The van der Waals surface area contributed by atoms with Crippen molar-refractivity contribution in [3.8, 4) is 0 Å². The number of carbonyl (C=O) groups is 2. The van der Waals surface area contributed by atoms with Crippen LogP contribution in [0.3, 0.4) is 0 Å². The fourth-order valence-corrected chi connectivity index (χ4v) is 3.01. The predicted octanol–water partition coefficient (Wildman–Crippen LogP) is 3.44. The van der Waals surface area contributed by atoms with Gasteiger partial charge in [0.1, 0.15) is 5.84 Å². The fraction of sp³-hybridized carbons (Fsp3) is 0.250. The first-order chi connectivity index (χ1) is 13.1. The third kappa shape index (κ3) is 3.49. The van der Waals surface area contributed by atoms with Crippen LogP contribution >= 0.6 is 0 Å². The minimum atomic E-state index is -5.10. The molecule has 1 atom stereocenters. The Hall–Kier alpha value is -3.16. The first-order valence-corrected chi connectivity index (χ1v) is 8.52. The van der Waals surface area contributed by atoms with Crippen molar-refractivity contribution in [1.29, 1.82) is 0 Å². The van der Waals surface area contributed by atoms with Crippen molar-refractivity contribution < 1.29 is 22.8 Å². The van der Waals surface area contributed by atoms with Gasteiger partial charge in [-0.05, 0) is 31.5 Å². The van der Waals surface area contributed by atoms with Crippen LogP contribution in [0.4, 0.5) is 13.2 Å². The summed E-state index contributed by atoms with van der Waals surface area (Å²) >= 11 is 0. The van der Waals surface area contributed by atoms with E-state index in [4.69, 9.17) is 0 Å². The Labute approximate surface area is 159 Å². The van der Waals surface area contributed by atoms with Gasteiger partial charge in [0.2, 0.25) is 0 Å². The molecule has 1 unspecified atom stereocenters. The van der Waals surface area contributed by atoms with Crippen molar-refractivity contribution in [1.82, 2.24) is 10.2 Å². The summed E-state index contributed by atoms with van der Waals surface area (Å²) in [4.78, 5) is 29.8. The Bertz CT molecular complexity index is 941. The molecule has 1 N–H and O–H groups in total.